The summed E-state index contributed by atoms with van der Waals surface area (Å²) < 4.78 is 4.05. The fraction of sp³-hybridized carbons (Fsp3) is 0.611. The first-order chi connectivity index (χ1) is 11.8. The molecule has 24 heavy (non-hydrogen) atoms. The Hall–Kier alpha value is -2.11. The minimum absolute atomic E-state index is 0.0514. The SMILES string of the molecule is CCn1ccc(C(=O)N2CCCn3ccnc3C2C2CCCC2)n1. The van der Waals surface area contributed by atoms with Crippen molar-refractivity contribution in [2.45, 2.75) is 58.2 Å². The highest BCUT2D eigenvalue weighted by molar-refractivity contribution is 5.92. The third-order valence-electron chi connectivity index (χ3n) is 5.44. The minimum Gasteiger partial charge on any atom is -0.333 e. The van der Waals surface area contributed by atoms with Crippen LogP contribution in [0, 0.1) is 5.92 Å². The van der Waals surface area contributed by atoms with Crippen LogP contribution in [0.15, 0.2) is 24.7 Å². The number of aromatic nitrogens is 4. The summed E-state index contributed by atoms with van der Waals surface area (Å²) in [5.41, 5.74) is 0.555. The summed E-state index contributed by atoms with van der Waals surface area (Å²) >= 11 is 0. The molecule has 128 valence electrons. The standard InChI is InChI=1S/C18H25N5O/c1-2-22-12-8-15(20-22)18(24)23-11-5-10-21-13-9-19-17(21)16(23)14-6-3-4-7-14/h8-9,12-14,16H,2-7,10-11H2,1H3. The van der Waals surface area contributed by atoms with E-state index in [4.69, 9.17) is 0 Å². The van der Waals surface area contributed by atoms with Crippen molar-refractivity contribution in [1.29, 1.82) is 0 Å². The number of carbonyl (C=O) groups is 1. The summed E-state index contributed by atoms with van der Waals surface area (Å²) in [5.74, 6) is 1.62. The second kappa shape index (κ2) is 6.42. The second-order valence-electron chi connectivity index (χ2n) is 6.88. The Morgan fingerprint density at radius 1 is 1.21 bits per heavy atom. The largest absolute Gasteiger partial charge is 0.333 e. The van der Waals surface area contributed by atoms with Crippen molar-refractivity contribution < 1.29 is 4.79 Å². The normalized spacial score (nSPS) is 21.7. The van der Waals surface area contributed by atoms with Gasteiger partial charge in [-0.1, -0.05) is 12.8 Å². The van der Waals surface area contributed by atoms with E-state index in [1.165, 1.54) is 25.7 Å². The monoisotopic (exact) mass is 327 g/mol. The third kappa shape index (κ3) is 2.64. The van der Waals surface area contributed by atoms with Crippen molar-refractivity contribution in [3.8, 4) is 0 Å². The number of hydrogen-bond donors (Lipinski definition) is 0. The Kier molecular flexibility index (Phi) is 4.12. The van der Waals surface area contributed by atoms with Gasteiger partial charge in [0.2, 0.25) is 0 Å². The number of fused-ring (bicyclic) bond motifs is 1. The molecule has 6 heteroatoms. The first-order valence-electron chi connectivity index (χ1n) is 9.13. The van der Waals surface area contributed by atoms with Gasteiger partial charge in [0.1, 0.15) is 11.5 Å². The maximum absolute atomic E-state index is 13.2. The van der Waals surface area contributed by atoms with Crippen LogP contribution >= 0.6 is 0 Å². The van der Waals surface area contributed by atoms with E-state index in [2.05, 4.69) is 20.8 Å². The molecule has 1 aliphatic carbocycles. The smallest absolute Gasteiger partial charge is 0.274 e. The van der Waals surface area contributed by atoms with E-state index in [0.29, 0.717) is 11.6 Å². The van der Waals surface area contributed by atoms with Crippen LogP contribution in [0.4, 0.5) is 0 Å². The first kappa shape index (κ1) is 15.4. The topological polar surface area (TPSA) is 56.0 Å². The zero-order chi connectivity index (χ0) is 16.5. The number of rotatable bonds is 3. The van der Waals surface area contributed by atoms with E-state index in [-0.39, 0.29) is 11.9 Å². The van der Waals surface area contributed by atoms with Crippen LogP contribution in [-0.4, -0.2) is 36.7 Å². The minimum atomic E-state index is 0.0514. The number of nitrogens with zero attached hydrogens (tertiary/aromatic N) is 5. The Balaban J connectivity index is 1.69. The first-order valence-corrected chi connectivity index (χ1v) is 9.13. The second-order valence-corrected chi connectivity index (χ2v) is 6.88. The zero-order valence-electron chi connectivity index (χ0n) is 14.3. The van der Waals surface area contributed by atoms with Crippen molar-refractivity contribution in [2.75, 3.05) is 6.54 Å². The quantitative estimate of drug-likeness (QED) is 0.871. The van der Waals surface area contributed by atoms with Gasteiger partial charge in [-0.25, -0.2) is 4.98 Å². The van der Waals surface area contributed by atoms with Crippen molar-refractivity contribution in [2.24, 2.45) is 5.92 Å². The van der Waals surface area contributed by atoms with Gasteiger partial charge in [0.15, 0.2) is 0 Å². The van der Waals surface area contributed by atoms with E-state index < -0.39 is 0 Å². The molecule has 0 aromatic carbocycles. The maximum Gasteiger partial charge on any atom is 0.274 e. The highest BCUT2D eigenvalue weighted by atomic mass is 16.2. The summed E-state index contributed by atoms with van der Waals surface area (Å²) in [4.78, 5) is 19.9. The van der Waals surface area contributed by atoms with Gasteiger partial charge < -0.3 is 9.47 Å². The lowest BCUT2D eigenvalue weighted by Gasteiger charge is -2.33. The van der Waals surface area contributed by atoms with Crippen LogP contribution in [0.25, 0.3) is 0 Å². The maximum atomic E-state index is 13.2. The average Bonchev–Trinajstić information content (AvgIpc) is 3.34. The van der Waals surface area contributed by atoms with Crippen LogP contribution in [0.1, 0.15) is 61.4 Å². The number of aryl methyl sites for hydroxylation is 2. The van der Waals surface area contributed by atoms with E-state index in [0.717, 1.165) is 31.9 Å². The van der Waals surface area contributed by atoms with Gasteiger partial charge in [-0.3, -0.25) is 9.48 Å². The van der Waals surface area contributed by atoms with Crippen molar-refractivity contribution in [3.63, 3.8) is 0 Å². The molecule has 4 rings (SSSR count). The van der Waals surface area contributed by atoms with E-state index in [1.807, 2.05) is 35.0 Å². The lowest BCUT2D eigenvalue weighted by Crippen LogP contribution is -2.39. The molecular weight excluding hydrogens is 302 g/mol. The summed E-state index contributed by atoms with van der Waals surface area (Å²) in [5, 5.41) is 4.44. The van der Waals surface area contributed by atoms with E-state index in [9.17, 15) is 4.79 Å². The summed E-state index contributed by atoms with van der Waals surface area (Å²) in [6.07, 6.45) is 11.7. The summed E-state index contributed by atoms with van der Waals surface area (Å²) in [7, 11) is 0. The van der Waals surface area contributed by atoms with Gasteiger partial charge in [-0.15, -0.1) is 0 Å². The molecule has 0 N–H and O–H groups in total. The summed E-state index contributed by atoms with van der Waals surface area (Å²) in [6.45, 7) is 4.53. The molecular formula is C18H25N5O. The number of carbonyl (C=O) groups excluding carboxylic acids is 1. The fourth-order valence-electron chi connectivity index (χ4n) is 4.23. The molecule has 0 bridgehead atoms. The molecule has 0 radical (unpaired) electrons. The van der Waals surface area contributed by atoms with E-state index in [1.54, 1.807) is 0 Å². The molecule has 1 saturated carbocycles. The lowest BCUT2D eigenvalue weighted by atomic mass is 9.95. The average molecular weight is 327 g/mol. The molecule has 2 aliphatic rings. The molecule has 2 aromatic rings. The van der Waals surface area contributed by atoms with Crippen LogP contribution < -0.4 is 0 Å². The van der Waals surface area contributed by atoms with Crippen molar-refractivity contribution in [1.82, 2.24) is 24.2 Å². The van der Waals surface area contributed by atoms with Gasteiger partial charge in [0, 0.05) is 38.2 Å². The number of hydrogen-bond acceptors (Lipinski definition) is 3. The molecule has 0 spiro atoms. The van der Waals surface area contributed by atoms with Gasteiger partial charge in [0.25, 0.3) is 5.91 Å². The van der Waals surface area contributed by atoms with Crippen LogP contribution in [0.5, 0.6) is 0 Å². The Morgan fingerprint density at radius 3 is 2.79 bits per heavy atom. The van der Waals surface area contributed by atoms with E-state index >= 15 is 0 Å². The Labute approximate surface area is 142 Å². The zero-order valence-corrected chi connectivity index (χ0v) is 14.3. The predicted molar refractivity (Wildman–Crippen MR) is 90.5 cm³/mol. The van der Waals surface area contributed by atoms with Gasteiger partial charge in [-0.2, -0.15) is 5.10 Å². The molecule has 6 nitrogen and oxygen atoms in total. The van der Waals surface area contributed by atoms with Gasteiger partial charge >= 0.3 is 0 Å². The molecule has 2 aromatic heterocycles. The third-order valence-corrected chi connectivity index (χ3v) is 5.44. The molecule has 0 saturated heterocycles. The number of amides is 1. The van der Waals surface area contributed by atoms with Crippen LogP contribution in [-0.2, 0) is 13.1 Å². The molecule has 1 amide bonds. The molecule has 1 unspecified atom stereocenters. The predicted octanol–water partition coefficient (Wildman–Crippen LogP) is 2.88. The highest BCUT2D eigenvalue weighted by Crippen LogP contribution is 2.40. The van der Waals surface area contributed by atoms with Crippen LogP contribution in [0.2, 0.25) is 0 Å². The number of imidazole rings is 1. The molecule has 1 atom stereocenters. The van der Waals surface area contributed by atoms with Crippen molar-refractivity contribution >= 4 is 5.91 Å². The molecule has 1 fully saturated rings. The molecule has 3 heterocycles. The fourth-order valence-corrected chi connectivity index (χ4v) is 4.23. The van der Waals surface area contributed by atoms with Gasteiger partial charge in [-0.05, 0) is 38.2 Å². The lowest BCUT2D eigenvalue weighted by molar-refractivity contribution is 0.0596. The highest BCUT2D eigenvalue weighted by Gasteiger charge is 2.38. The van der Waals surface area contributed by atoms with Gasteiger partial charge in [0.05, 0.1) is 6.04 Å². The van der Waals surface area contributed by atoms with Crippen molar-refractivity contribution in [3.05, 3.63) is 36.2 Å². The Morgan fingerprint density at radius 2 is 2.04 bits per heavy atom. The Bertz CT molecular complexity index is 713. The summed E-state index contributed by atoms with van der Waals surface area (Å²) in [6, 6.07) is 1.93. The van der Waals surface area contributed by atoms with Crippen LogP contribution in [0.3, 0.4) is 0 Å². The molecule has 1 aliphatic heterocycles.